The quantitative estimate of drug-likeness (QED) is 0.886. The van der Waals surface area contributed by atoms with E-state index in [1.165, 1.54) is 18.2 Å². The topological polar surface area (TPSA) is 66.6 Å². The maximum Gasteiger partial charge on any atom is 0.319 e. The Morgan fingerprint density at radius 2 is 1.76 bits per heavy atom. The highest BCUT2D eigenvalue weighted by Crippen LogP contribution is 2.22. The fourth-order valence-electron chi connectivity index (χ4n) is 2.27. The molecule has 0 spiro atoms. The third-order valence-corrected chi connectivity index (χ3v) is 3.24. The Morgan fingerprint density at radius 3 is 2.33 bits per heavy atom. The summed E-state index contributed by atoms with van der Waals surface area (Å²) in [6.07, 6.45) is 0.384. The van der Waals surface area contributed by atoms with Gasteiger partial charge in [0.1, 0.15) is 5.82 Å². The van der Waals surface area contributed by atoms with Crippen molar-refractivity contribution < 1.29 is 14.3 Å². The number of nitrogens with zero attached hydrogens (tertiary/aromatic N) is 1. The van der Waals surface area contributed by atoms with Crippen molar-refractivity contribution in [2.24, 2.45) is 5.73 Å². The van der Waals surface area contributed by atoms with E-state index in [0.29, 0.717) is 6.42 Å². The molecule has 3 N–H and O–H groups in total. The zero-order chi connectivity index (χ0) is 15.2. The molecule has 0 aliphatic rings. The van der Waals surface area contributed by atoms with Crippen LogP contribution < -0.4 is 10.6 Å². The summed E-state index contributed by atoms with van der Waals surface area (Å²) in [7, 11) is 0. The second-order valence-corrected chi connectivity index (χ2v) is 4.69. The van der Waals surface area contributed by atoms with Gasteiger partial charge in [-0.2, -0.15) is 0 Å². The number of hydrogen-bond acceptors (Lipinski definition) is 2. The van der Waals surface area contributed by atoms with Crippen LogP contribution in [0, 0.1) is 5.82 Å². The molecule has 0 aliphatic carbocycles. The normalized spacial score (nSPS) is 11.9. The van der Waals surface area contributed by atoms with Gasteiger partial charge in [0.15, 0.2) is 0 Å². The first-order chi connectivity index (χ1) is 10.1. The number of carbonyl (C=O) groups is 1. The lowest BCUT2D eigenvalue weighted by molar-refractivity contribution is 0.234. The van der Waals surface area contributed by atoms with Gasteiger partial charge in [0, 0.05) is 0 Å². The Labute approximate surface area is 122 Å². The van der Waals surface area contributed by atoms with Crippen molar-refractivity contribution >= 4 is 11.7 Å². The molecule has 2 amide bonds. The summed E-state index contributed by atoms with van der Waals surface area (Å²) in [4.78, 5) is 12.8. The van der Waals surface area contributed by atoms with E-state index in [1.54, 1.807) is 6.07 Å². The highest BCUT2D eigenvalue weighted by atomic mass is 19.1. The van der Waals surface area contributed by atoms with Crippen molar-refractivity contribution in [2.75, 3.05) is 11.5 Å². The molecule has 0 saturated carbocycles. The van der Waals surface area contributed by atoms with Gasteiger partial charge in [0.2, 0.25) is 0 Å². The number of aliphatic hydroxyl groups is 1. The maximum atomic E-state index is 13.9. The first kappa shape index (κ1) is 15.0. The van der Waals surface area contributed by atoms with Crippen LogP contribution in [0.1, 0.15) is 5.56 Å². The Bertz CT molecular complexity index is 604. The minimum atomic E-state index is -0.796. The van der Waals surface area contributed by atoms with Gasteiger partial charge in [0.05, 0.1) is 18.3 Å². The zero-order valence-corrected chi connectivity index (χ0v) is 11.4. The lowest BCUT2D eigenvalue weighted by atomic mass is 10.0. The molecule has 0 aromatic heterocycles. The van der Waals surface area contributed by atoms with Gasteiger partial charge in [-0.05, 0) is 24.1 Å². The molecule has 2 aromatic carbocycles. The van der Waals surface area contributed by atoms with Gasteiger partial charge in [0.25, 0.3) is 0 Å². The van der Waals surface area contributed by atoms with E-state index in [9.17, 15) is 14.3 Å². The number of aliphatic hydroxyl groups excluding tert-OH is 1. The number of amides is 2. The largest absolute Gasteiger partial charge is 0.394 e. The van der Waals surface area contributed by atoms with E-state index in [0.717, 1.165) is 10.5 Å². The van der Waals surface area contributed by atoms with Crippen molar-refractivity contribution in [2.45, 2.75) is 12.5 Å². The number of carbonyl (C=O) groups excluding carboxylic acids is 1. The average molecular weight is 288 g/mol. The van der Waals surface area contributed by atoms with Crippen molar-refractivity contribution in [3.05, 3.63) is 66.0 Å². The number of halogens is 1. The van der Waals surface area contributed by atoms with E-state index >= 15 is 0 Å². The Morgan fingerprint density at radius 1 is 1.14 bits per heavy atom. The number of urea groups is 1. The first-order valence-corrected chi connectivity index (χ1v) is 6.61. The average Bonchev–Trinajstić information content (AvgIpc) is 2.49. The fourth-order valence-corrected chi connectivity index (χ4v) is 2.27. The number of benzene rings is 2. The number of hydrogen-bond donors (Lipinski definition) is 2. The molecule has 4 nitrogen and oxygen atoms in total. The van der Waals surface area contributed by atoms with Gasteiger partial charge >= 0.3 is 6.03 Å². The minimum Gasteiger partial charge on any atom is -0.394 e. The third kappa shape index (κ3) is 3.58. The second-order valence-electron chi connectivity index (χ2n) is 4.69. The summed E-state index contributed by atoms with van der Waals surface area (Å²) in [5, 5.41) is 9.59. The molecule has 21 heavy (non-hydrogen) atoms. The van der Waals surface area contributed by atoms with Crippen LogP contribution in [0.5, 0.6) is 0 Å². The summed E-state index contributed by atoms with van der Waals surface area (Å²) >= 11 is 0. The van der Waals surface area contributed by atoms with Crippen molar-refractivity contribution in [1.82, 2.24) is 0 Å². The first-order valence-electron chi connectivity index (χ1n) is 6.61. The number of rotatable bonds is 5. The zero-order valence-electron chi connectivity index (χ0n) is 11.4. The smallest absolute Gasteiger partial charge is 0.319 e. The van der Waals surface area contributed by atoms with Crippen LogP contribution in [-0.4, -0.2) is 23.8 Å². The molecule has 0 unspecified atom stereocenters. The lowest BCUT2D eigenvalue weighted by Crippen LogP contribution is -2.47. The van der Waals surface area contributed by atoms with Crippen LogP contribution in [0.4, 0.5) is 14.9 Å². The molecular formula is C16H17FN2O2. The standard InChI is InChI=1S/C16H17FN2O2/c17-14-8-4-5-9-15(14)19(16(18)21)13(11-20)10-12-6-2-1-3-7-12/h1-9,13,20H,10-11H2,(H2,18,21)/t13-/m1/s1. The minimum absolute atomic E-state index is 0.0694. The lowest BCUT2D eigenvalue weighted by Gasteiger charge is -2.29. The predicted molar refractivity (Wildman–Crippen MR) is 79.5 cm³/mol. The molecule has 5 heteroatoms. The van der Waals surface area contributed by atoms with E-state index in [-0.39, 0.29) is 12.3 Å². The number of para-hydroxylation sites is 1. The molecular weight excluding hydrogens is 271 g/mol. The predicted octanol–water partition coefficient (Wildman–Crippen LogP) is 2.31. The van der Waals surface area contributed by atoms with Crippen LogP contribution in [0.15, 0.2) is 54.6 Å². The Hall–Kier alpha value is -2.40. The highest BCUT2D eigenvalue weighted by molar-refractivity contribution is 5.91. The summed E-state index contributed by atoms with van der Waals surface area (Å²) in [5.41, 5.74) is 6.38. The van der Waals surface area contributed by atoms with Crippen LogP contribution in [0.2, 0.25) is 0 Å². The van der Waals surface area contributed by atoms with Gasteiger partial charge < -0.3 is 10.8 Å². The molecule has 2 rings (SSSR count). The molecule has 0 heterocycles. The molecule has 0 aliphatic heterocycles. The fraction of sp³-hybridized carbons (Fsp3) is 0.188. The van der Waals surface area contributed by atoms with Crippen LogP contribution in [-0.2, 0) is 6.42 Å². The van der Waals surface area contributed by atoms with Crippen LogP contribution in [0.3, 0.4) is 0 Å². The number of primary amides is 1. The summed E-state index contributed by atoms with van der Waals surface area (Å²) < 4.78 is 13.9. The SMILES string of the molecule is NC(=O)N(c1ccccc1F)[C@@H](CO)Cc1ccccc1. The summed E-state index contributed by atoms with van der Waals surface area (Å²) in [6.45, 7) is -0.313. The van der Waals surface area contributed by atoms with Gasteiger partial charge in [-0.3, -0.25) is 4.90 Å². The van der Waals surface area contributed by atoms with Gasteiger partial charge in [-0.1, -0.05) is 42.5 Å². The summed E-state index contributed by atoms with van der Waals surface area (Å²) in [5.74, 6) is -0.553. The monoisotopic (exact) mass is 288 g/mol. The molecule has 1 atom stereocenters. The summed E-state index contributed by atoms with van der Waals surface area (Å²) in [6, 6.07) is 13.8. The number of anilines is 1. The van der Waals surface area contributed by atoms with E-state index < -0.39 is 17.9 Å². The Kier molecular flexibility index (Phi) is 4.90. The Balaban J connectivity index is 2.31. The van der Waals surface area contributed by atoms with Crippen molar-refractivity contribution in [3.63, 3.8) is 0 Å². The molecule has 110 valence electrons. The van der Waals surface area contributed by atoms with E-state index in [4.69, 9.17) is 5.73 Å². The van der Waals surface area contributed by atoms with E-state index in [2.05, 4.69) is 0 Å². The molecule has 0 radical (unpaired) electrons. The van der Waals surface area contributed by atoms with Crippen LogP contribution >= 0.6 is 0 Å². The second kappa shape index (κ2) is 6.85. The molecule has 2 aromatic rings. The third-order valence-electron chi connectivity index (χ3n) is 3.24. The van der Waals surface area contributed by atoms with E-state index in [1.807, 2.05) is 30.3 Å². The highest BCUT2D eigenvalue weighted by Gasteiger charge is 2.25. The maximum absolute atomic E-state index is 13.9. The van der Waals surface area contributed by atoms with Crippen molar-refractivity contribution in [1.29, 1.82) is 0 Å². The van der Waals surface area contributed by atoms with Gasteiger partial charge in [-0.25, -0.2) is 9.18 Å². The molecule has 0 bridgehead atoms. The van der Waals surface area contributed by atoms with Gasteiger partial charge in [-0.15, -0.1) is 0 Å². The molecule has 0 fully saturated rings. The van der Waals surface area contributed by atoms with Crippen molar-refractivity contribution in [3.8, 4) is 0 Å². The number of nitrogens with two attached hydrogens (primary N) is 1. The molecule has 0 saturated heterocycles. The van der Waals surface area contributed by atoms with Crippen LogP contribution in [0.25, 0.3) is 0 Å².